The molecular weight excluding hydrogens is 923 g/mol. The highest BCUT2D eigenvalue weighted by atomic mass is 16.5. The van der Waals surface area contributed by atoms with E-state index in [4.69, 9.17) is 4.74 Å². The van der Waals surface area contributed by atoms with Crippen molar-refractivity contribution < 1.29 is 24.5 Å². The highest BCUT2D eigenvalue weighted by molar-refractivity contribution is 5.76. The van der Waals surface area contributed by atoms with E-state index in [1.807, 2.05) is 6.08 Å². The number of aliphatic hydroxyl groups excluding tert-OH is 2. The summed E-state index contributed by atoms with van der Waals surface area (Å²) in [5, 5.41) is 23.1. The smallest absolute Gasteiger partial charge is 0.305 e. The molecule has 0 rings (SSSR count). The predicted octanol–water partition coefficient (Wildman–Crippen LogP) is 21.5. The number of allylic oxidation sites excluding steroid dienone is 5. The minimum absolute atomic E-state index is 0.0154. The SMILES string of the molecule is CCCCCCCCCCCCC/C=C/C(O)C(CO)NC(=O)CCCCCCCCCCCCCCC/C=C\C/C=C\CCCCCCCCCCCOC(=O)CCCCCCCCCCCCCCCCCC. The van der Waals surface area contributed by atoms with Crippen LogP contribution in [0.2, 0.25) is 0 Å². The van der Waals surface area contributed by atoms with Crippen LogP contribution < -0.4 is 5.32 Å². The Labute approximate surface area is 468 Å². The van der Waals surface area contributed by atoms with E-state index >= 15 is 0 Å². The number of unbranched alkanes of at least 4 members (excludes halogenated alkanes) is 48. The van der Waals surface area contributed by atoms with Gasteiger partial charge in [0, 0.05) is 12.8 Å². The predicted molar refractivity (Wildman–Crippen MR) is 329 cm³/mol. The monoisotopic (exact) mass is 1050 g/mol. The second-order valence-corrected chi connectivity index (χ2v) is 23.2. The molecule has 75 heavy (non-hydrogen) atoms. The number of rotatable bonds is 63. The zero-order valence-electron chi connectivity index (χ0n) is 50.5. The van der Waals surface area contributed by atoms with E-state index in [9.17, 15) is 19.8 Å². The molecule has 0 saturated heterocycles. The summed E-state index contributed by atoms with van der Waals surface area (Å²) in [7, 11) is 0. The van der Waals surface area contributed by atoms with Crippen molar-refractivity contribution >= 4 is 11.9 Å². The molecule has 6 heteroatoms. The normalized spacial score (nSPS) is 12.7. The summed E-state index contributed by atoms with van der Waals surface area (Å²) in [6.45, 7) is 4.92. The lowest BCUT2D eigenvalue weighted by atomic mass is 10.0. The van der Waals surface area contributed by atoms with Crippen molar-refractivity contribution in [3.63, 3.8) is 0 Å². The summed E-state index contributed by atoms with van der Waals surface area (Å²) in [6, 6.07) is -0.628. The molecule has 0 aliphatic carbocycles. The maximum absolute atomic E-state index is 12.5. The van der Waals surface area contributed by atoms with Crippen molar-refractivity contribution in [2.24, 2.45) is 0 Å². The van der Waals surface area contributed by atoms with Crippen LogP contribution in [0.1, 0.15) is 367 Å². The number of esters is 1. The van der Waals surface area contributed by atoms with Gasteiger partial charge in [0.2, 0.25) is 5.91 Å². The van der Waals surface area contributed by atoms with Crippen molar-refractivity contribution in [2.45, 2.75) is 379 Å². The Bertz CT molecular complexity index is 1210. The first kappa shape index (κ1) is 73.1. The molecular formula is C69H131NO5. The van der Waals surface area contributed by atoms with E-state index < -0.39 is 12.1 Å². The molecule has 0 aromatic carbocycles. The Morgan fingerprint density at radius 2 is 0.667 bits per heavy atom. The zero-order chi connectivity index (χ0) is 54.3. The first-order valence-electron chi connectivity index (χ1n) is 33.8. The Balaban J connectivity index is 3.40. The van der Waals surface area contributed by atoms with Crippen LogP contribution in [0.3, 0.4) is 0 Å². The fraction of sp³-hybridized carbons (Fsp3) is 0.884. The molecule has 442 valence electrons. The molecule has 3 N–H and O–H groups in total. The van der Waals surface area contributed by atoms with Gasteiger partial charge in [-0.1, -0.05) is 326 Å². The molecule has 0 aromatic heterocycles. The number of carbonyl (C=O) groups is 2. The van der Waals surface area contributed by atoms with Crippen LogP contribution in [-0.4, -0.2) is 47.4 Å². The maximum atomic E-state index is 12.5. The molecule has 0 heterocycles. The van der Waals surface area contributed by atoms with Gasteiger partial charge in [-0.25, -0.2) is 0 Å². The number of aliphatic hydroxyl groups is 2. The van der Waals surface area contributed by atoms with Gasteiger partial charge in [-0.05, 0) is 64.2 Å². The molecule has 2 atom stereocenters. The Hall–Kier alpha value is -1.92. The van der Waals surface area contributed by atoms with Crippen LogP contribution in [-0.2, 0) is 14.3 Å². The van der Waals surface area contributed by atoms with Crippen LogP contribution in [0.5, 0.6) is 0 Å². The van der Waals surface area contributed by atoms with Gasteiger partial charge >= 0.3 is 5.97 Å². The van der Waals surface area contributed by atoms with E-state index in [1.165, 1.54) is 295 Å². The van der Waals surface area contributed by atoms with E-state index in [1.54, 1.807) is 6.08 Å². The molecule has 1 amide bonds. The molecule has 6 nitrogen and oxygen atoms in total. The molecule has 0 saturated carbocycles. The van der Waals surface area contributed by atoms with Gasteiger partial charge in [-0.3, -0.25) is 9.59 Å². The number of nitrogens with one attached hydrogen (secondary N) is 1. The van der Waals surface area contributed by atoms with Crippen LogP contribution >= 0.6 is 0 Å². The van der Waals surface area contributed by atoms with E-state index in [0.717, 1.165) is 44.9 Å². The summed E-state index contributed by atoms with van der Waals surface area (Å²) in [6.07, 6.45) is 82.1. The molecule has 0 radical (unpaired) electrons. The number of ether oxygens (including phenoxy) is 1. The van der Waals surface area contributed by atoms with Crippen LogP contribution in [0.4, 0.5) is 0 Å². The summed E-state index contributed by atoms with van der Waals surface area (Å²) in [4.78, 5) is 24.5. The standard InChI is InChI=1S/C69H131NO5/c1-3-5-7-9-11-13-15-17-18-35-39-43-47-51-55-59-63-69(74)75-64-60-56-52-48-44-40-36-33-31-29-27-25-23-21-19-20-22-24-26-28-30-32-34-38-42-46-50-54-58-62-68(73)70-66(65-71)67(72)61-57-53-49-45-41-37-16-14-12-10-8-6-4-2/h19,21,25,27,57,61,66-67,71-72H,3-18,20,22-24,26,28-56,58-60,62-65H2,1-2H3,(H,70,73)/b21-19-,27-25-,61-57+. The summed E-state index contributed by atoms with van der Waals surface area (Å²) >= 11 is 0. The van der Waals surface area contributed by atoms with Crippen LogP contribution in [0.25, 0.3) is 0 Å². The average molecular weight is 1050 g/mol. The first-order valence-corrected chi connectivity index (χ1v) is 33.8. The number of hydrogen-bond donors (Lipinski definition) is 3. The minimum atomic E-state index is -0.844. The quantitative estimate of drug-likeness (QED) is 0.0320. The van der Waals surface area contributed by atoms with Crippen molar-refractivity contribution in [3.8, 4) is 0 Å². The number of carbonyl (C=O) groups excluding carboxylic acids is 2. The number of hydrogen-bond acceptors (Lipinski definition) is 5. The van der Waals surface area contributed by atoms with E-state index in [-0.39, 0.29) is 18.5 Å². The lowest BCUT2D eigenvalue weighted by molar-refractivity contribution is -0.143. The molecule has 2 unspecified atom stereocenters. The van der Waals surface area contributed by atoms with Gasteiger partial charge in [-0.15, -0.1) is 0 Å². The maximum Gasteiger partial charge on any atom is 0.305 e. The fourth-order valence-corrected chi connectivity index (χ4v) is 10.5. The van der Waals surface area contributed by atoms with Gasteiger partial charge < -0.3 is 20.3 Å². The third-order valence-corrected chi connectivity index (χ3v) is 15.7. The molecule has 0 spiro atoms. The summed E-state index contributed by atoms with van der Waals surface area (Å²) < 4.78 is 5.50. The van der Waals surface area contributed by atoms with Gasteiger partial charge in [0.15, 0.2) is 0 Å². The van der Waals surface area contributed by atoms with Gasteiger partial charge in [-0.2, -0.15) is 0 Å². The third kappa shape index (κ3) is 61.2. The Kier molecular flexibility index (Phi) is 63.0. The molecule has 0 aromatic rings. The van der Waals surface area contributed by atoms with Crippen molar-refractivity contribution in [1.29, 1.82) is 0 Å². The average Bonchev–Trinajstić information content (AvgIpc) is 3.41. The van der Waals surface area contributed by atoms with Gasteiger partial charge in [0.25, 0.3) is 0 Å². The topological polar surface area (TPSA) is 95.9 Å². The second-order valence-electron chi connectivity index (χ2n) is 23.2. The Morgan fingerprint density at radius 3 is 1.01 bits per heavy atom. The summed E-state index contributed by atoms with van der Waals surface area (Å²) in [5.74, 6) is -0.0528. The lowest BCUT2D eigenvalue weighted by Gasteiger charge is -2.20. The zero-order valence-corrected chi connectivity index (χ0v) is 50.5. The van der Waals surface area contributed by atoms with Crippen molar-refractivity contribution in [1.82, 2.24) is 5.32 Å². The number of amides is 1. The highest BCUT2D eigenvalue weighted by Gasteiger charge is 2.18. The summed E-state index contributed by atoms with van der Waals surface area (Å²) in [5.41, 5.74) is 0. The molecule has 0 aliphatic rings. The van der Waals surface area contributed by atoms with Crippen LogP contribution in [0, 0.1) is 0 Å². The van der Waals surface area contributed by atoms with E-state index in [0.29, 0.717) is 19.4 Å². The van der Waals surface area contributed by atoms with E-state index in [2.05, 4.69) is 43.5 Å². The highest BCUT2D eigenvalue weighted by Crippen LogP contribution is 2.18. The Morgan fingerprint density at radius 1 is 0.373 bits per heavy atom. The van der Waals surface area contributed by atoms with Gasteiger partial charge in [0.05, 0.1) is 25.4 Å². The molecule has 0 bridgehead atoms. The van der Waals surface area contributed by atoms with Crippen LogP contribution in [0.15, 0.2) is 36.5 Å². The minimum Gasteiger partial charge on any atom is -0.466 e. The largest absolute Gasteiger partial charge is 0.466 e. The third-order valence-electron chi connectivity index (χ3n) is 15.7. The second kappa shape index (κ2) is 64.6. The van der Waals surface area contributed by atoms with Crippen molar-refractivity contribution in [3.05, 3.63) is 36.5 Å². The molecule has 0 aliphatic heterocycles. The van der Waals surface area contributed by atoms with Crippen molar-refractivity contribution in [2.75, 3.05) is 13.2 Å². The van der Waals surface area contributed by atoms with Gasteiger partial charge in [0.1, 0.15) is 0 Å². The first-order chi connectivity index (χ1) is 37.0. The lowest BCUT2D eigenvalue weighted by Crippen LogP contribution is -2.45. The fourth-order valence-electron chi connectivity index (χ4n) is 10.5. The molecule has 0 fully saturated rings.